The second kappa shape index (κ2) is 4.30. The van der Waals surface area contributed by atoms with E-state index in [-0.39, 0.29) is 6.04 Å². The normalized spacial score (nSPS) is 29.8. The molecule has 0 aromatic carbocycles. The van der Waals surface area contributed by atoms with Crippen LogP contribution in [0.3, 0.4) is 0 Å². The van der Waals surface area contributed by atoms with Gasteiger partial charge in [-0.3, -0.25) is 0 Å². The molecule has 1 saturated heterocycles. The Morgan fingerprint density at radius 2 is 2.21 bits per heavy atom. The van der Waals surface area contributed by atoms with E-state index < -0.39 is 10.2 Å². The topological polar surface area (TPSA) is 49.4 Å². The van der Waals surface area contributed by atoms with Crippen LogP contribution in [0.5, 0.6) is 0 Å². The summed E-state index contributed by atoms with van der Waals surface area (Å²) in [4.78, 5) is 0. The van der Waals surface area contributed by atoms with Crippen molar-refractivity contribution in [1.82, 2.24) is 9.03 Å². The minimum atomic E-state index is -3.37. The van der Waals surface area contributed by atoms with E-state index >= 15 is 0 Å². The number of terminal acetylenes is 1. The third-order valence-electron chi connectivity index (χ3n) is 2.57. The average Bonchev–Trinajstić information content (AvgIpc) is 2.17. The highest BCUT2D eigenvalue weighted by atomic mass is 32.2. The van der Waals surface area contributed by atoms with Gasteiger partial charge in [-0.05, 0) is 18.8 Å². The maximum atomic E-state index is 11.5. The summed E-state index contributed by atoms with van der Waals surface area (Å²) in [5.74, 6) is 3.03. The van der Waals surface area contributed by atoms with Crippen molar-refractivity contribution in [3.8, 4) is 12.3 Å². The lowest BCUT2D eigenvalue weighted by Gasteiger charge is -2.34. The SMILES string of the molecule is C#CC1CC(C)CCN1S(=O)(=O)NC. The fourth-order valence-corrected chi connectivity index (χ4v) is 2.74. The van der Waals surface area contributed by atoms with Gasteiger partial charge in [-0.2, -0.15) is 12.7 Å². The maximum absolute atomic E-state index is 11.5. The molecule has 0 bridgehead atoms. The van der Waals surface area contributed by atoms with Gasteiger partial charge in [-0.25, -0.2) is 4.72 Å². The standard InChI is InChI=1S/C9H16N2O2S/c1-4-9-7-8(2)5-6-11(9)14(12,13)10-3/h1,8-10H,5-7H2,2-3H3. The molecular weight excluding hydrogens is 200 g/mol. The van der Waals surface area contributed by atoms with E-state index in [9.17, 15) is 8.42 Å². The van der Waals surface area contributed by atoms with Gasteiger partial charge in [0, 0.05) is 13.6 Å². The first kappa shape index (κ1) is 11.5. The lowest BCUT2D eigenvalue weighted by molar-refractivity contribution is 0.244. The summed E-state index contributed by atoms with van der Waals surface area (Å²) in [6.07, 6.45) is 6.94. The Bertz CT molecular complexity index is 331. The number of hydrogen-bond acceptors (Lipinski definition) is 2. The van der Waals surface area contributed by atoms with E-state index in [2.05, 4.69) is 17.6 Å². The largest absolute Gasteiger partial charge is 0.280 e. The van der Waals surface area contributed by atoms with Crippen molar-refractivity contribution in [3.05, 3.63) is 0 Å². The molecule has 1 N–H and O–H groups in total. The lowest BCUT2D eigenvalue weighted by Crippen LogP contribution is -2.48. The summed E-state index contributed by atoms with van der Waals surface area (Å²) in [7, 11) is -1.96. The quantitative estimate of drug-likeness (QED) is 0.670. The monoisotopic (exact) mass is 216 g/mol. The summed E-state index contributed by atoms with van der Waals surface area (Å²) in [5.41, 5.74) is 0. The molecule has 1 fully saturated rings. The summed E-state index contributed by atoms with van der Waals surface area (Å²) in [6, 6.07) is -0.295. The lowest BCUT2D eigenvalue weighted by atomic mass is 9.95. The van der Waals surface area contributed by atoms with Gasteiger partial charge in [-0.1, -0.05) is 12.8 Å². The second-order valence-electron chi connectivity index (χ2n) is 3.63. The van der Waals surface area contributed by atoms with Crippen molar-refractivity contribution >= 4 is 10.2 Å². The van der Waals surface area contributed by atoms with Crippen molar-refractivity contribution < 1.29 is 8.42 Å². The molecule has 1 aliphatic heterocycles. The number of nitrogens with zero attached hydrogens (tertiary/aromatic N) is 1. The highest BCUT2D eigenvalue weighted by molar-refractivity contribution is 7.87. The second-order valence-corrected chi connectivity index (χ2v) is 5.46. The summed E-state index contributed by atoms with van der Waals surface area (Å²) >= 11 is 0. The van der Waals surface area contributed by atoms with Crippen molar-refractivity contribution in [1.29, 1.82) is 0 Å². The predicted molar refractivity (Wildman–Crippen MR) is 55.7 cm³/mol. The van der Waals surface area contributed by atoms with E-state index in [4.69, 9.17) is 6.42 Å². The van der Waals surface area contributed by atoms with Crippen molar-refractivity contribution in [2.24, 2.45) is 5.92 Å². The number of rotatable bonds is 2. The van der Waals surface area contributed by atoms with Gasteiger partial charge >= 0.3 is 0 Å². The highest BCUT2D eigenvalue weighted by Crippen LogP contribution is 2.23. The number of hydrogen-bond donors (Lipinski definition) is 1. The Balaban J connectivity index is 2.85. The Kier molecular flexibility index (Phi) is 3.53. The molecule has 0 aromatic heterocycles. The molecule has 2 unspecified atom stereocenters. The predicted octanol–water partition coefficient (Wildman–Crippen LogP) is 0.184. The van der Waals surface area contributed by atoms with Gasteiger partial charge in [-0.15, -0.1) is 6.42 Å². The molecule has 0 aromatic rings. The fourth-order valence-electron chi connectivity index (χ4n) is 1.68. The van der Waals surface area contributed by atoms with E-state index in [0.717, 1.165) is 12.8 Å². The zero-order valence-corrected chi connectivity index (χ0v) is 9.34. The van der Waals surface area contributed by atoms with Crippen LogP contribution in [0, 0.1) is 18.3 Å². The van der Waals surface area contributed by atoms with Crippen LogP contribution < -0.4 is 4.72 Å². The third-order valence-corrected chi connectivity index (χ3v) is 4.15. The Labute approximate surface area is 85.9 Å². The molecule has 1 rings (SSSR count). The Hall–Kier alpha value is -0.570. The molecule has 4 nitrogen and oxygen atoms in total. The van der Waals surface area contributed by atoms with Gasteiger partial charge in [0.25, 0.3) is 10.2 Å². The van der Waals surface area contributed by atoms with Crippen LogP contribution >= 0.6 is 0 Å². The zero-order chi connectivity index (χ0) is 10.8. The summed E-state index contributed by atoms with van der Waals surface area (Å²) < 4.78 is 26.8. The van der Waals surface area contributed by atoms with Gasteiger partial charge < -0.3 is 0 Å². The molecule has 0 radical (unpaired) electrons. The Morgan fingerprint density at radius 1 is 1.57 bits per heavy atom. The van der Waals surface area contributed by atoms with Crippen LogP contribution in [0.1, 0.15) is 19.8 Å². The molecule has 0 spiro atoms. The van der Waals surface area contributed by atoms with Gasteiger partial charge in [0.2, 0.25) is 0 Å². The van der Waals surface area contributed by atoms with Gasteiger partial charge in [0.1, 0.15) is 0 Å². The summed E-state index contributed by atoms with van der Waals surface area (Å²) in [6.45, 7) is 2.60. The van der Waals surface area contributed by atoms with Gasteiger partial charge in [0.05, 0.1) is 6.04 Å². The minimum absolute atomic E-state index is 0.295. The summed E-state index contributed by atoms with van der Waals surface area (Å²) in [5, 5.41) is 0. The van der Waals surface area contributed by atoms with Crippen LogP contribution in [0.2, 0.25) is 0 Å². The van der Waals surface area contributed by atoms with E-state index in [1.807, 2.05) is 0 Å². The smallest absolute Gasteiger partial charge is 0.205 e. The molecule has 14 heavy (non-hydrogen) atoms. The van der Waals surface area contributed by atoms with Crippen LogP contribution in [-0.2, 0) is 10.2 Å². The molecule has 1 aliphatic rings. The van der Waals surface area contributed by atoms with Crippen molar-refractivity contribution in [3.63, 3.8) is 0 Å². The van der Waals surface area contributed by atoms with Crippen molar-refractivity contribution in [2.75, 3.05) is 13.6 Å². The van der Waals surface area contributed by atoms with Gasteiger partial charge in [0.15, 0.2) is 0 Å². The van der Waals surface area contributed by atoms with E-state index in [1.54, 1.807) is 0 Å². The van der Waals surface area contributed by atoms with Crippen LogP contribution in [0.4, 0.5) is 0 Å². The third kappa shape index (κ3) is 2.27. The van der Waals surface area contributed by atoms with Crippen LogP contribution in [0.15, 0.2) is 0 Å². The first-order chi connectivity index (χ1) is 6.51. The molecule has 1 heterocycles. The Morgan fingerprint density at radius 3 is 2.71 bits per heavy atom. The van der Waals surface area contributed by atoms with Crippen LogP contribution in [0.25, 0.3) is 0 Å². The number of piperidine rings is 1. The molecule has 80 valence electrons. The van der Waals surface area contributed by atoms with E-state index in [1.165, 1.54) is 11.4 Å². The number of nitrogens with one attached hydrogen (secondary N) is 1. The maximum Gasteiger partial charge on any atom is 0.280 e. The molecular formula is C9H16N2O2S. The van der Waals surface area contributed by atoms with E-state index in [0.29, 0.717) is 12.5 Å². The first-order valence-corrected chi connectivity index (χ1v) is 6.11. The molecule has 0 saturated carbocycles. The average molecular weight is 216 g/mol. The molecule has 0 aliphatic carbocycles. The highest BCUT2D eigenvalue weighted by Gasteiger charge is 2.32. The molecule has 5 heteroatoms. The fraction of sp³-hybridized carbons (Fsp3) is 0.778. The van der Waals surface area contributed by atoms with Crippen molar-refractivity contribution in [2.45, 2.75) is 25.8 Å². The first-order valence-electron chi connectivity index (χ1n) is 4.67. The molecule has 0 amide bonds. The molecule has 2 atom stereocenters. The minimum Gasteiger partial charge on any atom is -0.205 e. The zero-order valence-electron chi connectivity index (χ0n) is 8.53. The van der Waals surface area contributed by atoms with Crippen LogP contribution in [-0.4, -0.2) is 32.4 Å².